The van der Waals surface area contributed by atoms with Gasteiger partial charge in [-0.15, -0.1) is 0 Å². The quantitative estimate of drug-likeness (QED) is 0.673. The van der Waals surface area contributed by atoms with Crippen LogP contribution in [0.25, 0.3) is 5.65 Å². The van der Waals surface area contributed by atoms with E-state index in [1.807, 2.05) is 0 Å². The van der Waals surface area contributed by atoms with E-state index in [2.05, 4.69) is 9.97 Å². The van der Waals surface area contributed by atoms with Crippen LogP contribution in [-0.2, 0) is 17.7 Å². The van der Waals surface area contributed by atoms with Crippen molar-refractivity contribution in [1.29, 1.82) is 0 Å². The molecule has 28 heavy (non-hydrogen) atoms. The minimum Gasteiger partial charge on any atom is -0.445 e. The smallest absolute Gasteiger partial charge is 0.270 e. The number of aromatic nitrogens is 3. The first kappa shape index (κ1) is 17.1. The molecule has 1 saturated heterocycles. The molecule has 0 N–H and O–H groups in total. The zero-order chi connectivity index (χ0) is 19.1. The Morgan fingerprint density at radius 2 is 2.07 bits per heavy atom. The lowest BCUT2D eigenvalue weighted by atomic mass is 10.0. The predicted octanol–water partition coefficient (Wildman–Crippen LogP) is 1.78. The van der Waals surface area contributed by atoms with Crippen molar-refractivity contribution < 1.29 is 13.9 Å². The molecule has 0 atom stereocenters. The number of ether oxygens (including phenoxy) is 1. The van der Waals surface area contributed by atoms with Crippen molar-refractivity contribution in [1.82, 2.24) is 19.3 Å². The van der Waals surface area contributed by atoms with Gasteiger partial charge in [-0.1, -0.05) is 6.07 Å². The second kappa shape index (κ2) is 6.87. The predicted molar refractivity (Wildman–Crippen MR) is 99.2 cm³/mol. The van der Waals surface area contributed by atoms with Gasteiger partial charge in [-0.3, -0.25) is 14.0 Å². The van der Waals surface area contributed by atoms with Crippen molar-refractivity contribution in [2.45, 2.75) is 31.7 Å². The molecule has 5 rings (SSSR count). The standard InChI is InChI=1S/C20H20N4O4/c25-19(14-11-21-17-3-1-2-7-24(17)20(14)26)23-8-4-16-15(12-23)22-18(28-16)13-5-9-27-10-6-13/h1-3,7,11,13H,4-6,8-10,12H2. The first-order chi connectivity index (χ1) is 13.7. The third-order valence-electron chi connectivity index (χ3n) is 5.45. The van der Waals surface area contributed by atoms with E-state index in [0.29, 0.717) is 25.2 Å². The molecule has 1 fully saturated rings. The number of oxazole rings is 1. The number of nitrogens with zero attached hydrogens (tertiary/aromatic N) is 4. The van der Waals surface area contributed by atoms with Crippen LogP contribution >= 0.6 is 0 Å². The summed E-state index contributed by atoms with van der Waals surface area (Å²) in [5.74, 6) is 1.55. The van der Waals surface area contributed by atoms with E-state index in [9.17, 15) is 9.59 Å². The minimum absolute atomic E-state index is 0.0697. The Labute approximate surface area is 160 Å². The lowest BCUT2D eigenvalue weighted by Gasteiger charge is -2.25. The lowest BCUT2D eigenvalue weighted by molar-refractivity contribution is 0.0723. The highest BCUT2D eigenvalue weighted by atomic mass is 16.5. The van der Waals surface area contributed by atoms with Gasteiger partial charge in [-0.25, -0.2) is 9.97 Å². The van der Waals surface area contributed by atoms with E-state index in [0.717, 1.165) is 43.4 Å². The Kier molecular flexibility index (Phi) is 4.20. The maximum Gasteiger partial charge on any atom is 0.270 e. The summed E-state index contributed by atoms with van der Waals surface area (Å²) in [5.41, 5.74) is 1.02. The summed E-state index contributed by atoms with van der Waals surface area (Å²) >= 11 is 0. The third-order valence-corrected chi connectivity index (χ3v) is 5.45. The molecule has 0 spiro atoms. The minimum atomic E-state index is -0.357. The number of pyridine rings is 1. The van der Waals surface area contributed by atoms with E-state index in [4.69, 9.17) is 9.15 Å². The van der Waals surface area contributed by atoms with Gasteiger partial charge in [0.05, 0.1) is 6.54 Å². The Morgan fingerprint density at radius 1 is 1.21 bits per heavy atom. The molecule has 8 nitrogen and oxygen atoms in total. The zero-order valence-corrected chi connectivity index (χ0v) is 15.3. The first-order valence-corrected chi connectivity index (χ1v) is 9.52. The van der Waals surface area contributed by atoms with Gasteiger partial charge in [-0.05, 0) is 25.0 Å². The highest BCUT2D eigenvalue weighted by molar-refractivity contribution is 5.93. The summed E-state index contributed by atoms with van der Waals surface area (Å²) in [5, 5.41) is 0. The fraction of sp³-hybridized carbons (Fsp3) is 0.400. The molecule has 0 saturated carbocycles. The molecule has 0 radical (unpaired) electrons. The van der Waals surface area contributed by atoms with Crippen molar-refractivity contribution in [2.75, 3.05) is 19.8 Å². The van der Waals surface area contributed by atoms with Crippen molar-refractivity contribution in [3.63, 3.8) is 0 Å². The van der Waals surface area contributed by atoms with Gasteiger partial charge in [-0.2, -0.15) is 0 Å². The van der Waals surface area contributed by atoms with E-state index >= 15 is 0 Å². The van der Waals surface area contributed by atoms with E-state index in [1.54, 1.807) is 29.3 Å². The van der Waals surface area contributed by atoms with E-state index < -0.39 is 0 Å². The van der Waals surface area contributed by atoms with Crippen LogP contribution in [0.5, 0.6) is 0 Å². The first-order valence-electron chi connectivity index (χ1n) is 9.52. The summed E-state index contributed by atoms with van der Waals surface area (Å²) in [6.07, 6.45) is 5.39. The molecule has 1 amide bonds. The van der Waals surface area contributed by atoms with Crippen molar-refractivity contribution >= 4 is 11.6 Å². The van der Waals surface area contributed by atoms with Gasteiger partial charge in [0.1, 0.15) is 22.7 Å². The number of fused-ring (bicyclic) bond motifs is 2. The number of carbonyl (C=O) groups is 1. The van der Waals surface area contributed by atoms with Crippen LogP contribution in [-0.4, -0.2) is 44.9 Å². The normalized spacial score (nSPS) is 17.6. The molecular weight excluding hydrogens is 360 g/mol. The van der Waals surface area contributed by atoms with Gasteiger partial charge >= 0.3 is 0 Å². The molecule has 3 aromatic rings. The average Bonchev–Trinajstić information content (AvgIpc) is 3.18. The molecule has 5 heterocycles. The lowest BCUT2D eigenvalue weighted by Crippen LogP contribution is -2.39. The van der Waals surface area contributed by atoms with Gasteiger partial charge in [0, 0.05) is 44.5 Å². The van der Waals surface area contributed by atoms with Crippen LogP contribution in [0.4, 0.5) is 0 Å². The molecule has 0 aromatic carbocycles. The van der Waals surface area contributed by atoms with Crippen molar-refractivity contribution in [3.8, 4) is 0 Å². The van der Waals surface area contributed by atoms with Gasteiger partial charge in [0.15, 0.2) is 5.89 Å². The second-order valence-electron chi connectivity index (χ2n) is 7.19. The molecule has 0 aliphatic carbocycles. The van der Waals surface area contributed by atoms with Crippen LogP contribution < -0.4 is 5.56 Å². The number of hydrogen-bond donors (Lipinski definition) is 0. The van der Waals surface area contributed by atoms with Crippen LogP contribution in [0, 0.1) is 0 Å². The summed E-state index contributed by atoms with van der Waals surface area (Å²) in [6, 6.07) is 5.27. The number of hydrogen-bond acceptors (Lipinski definition) is 6. The maximum absolute atomic E-state index is 13.0. The van der Waals surface area contributed by atoms with Gasteiger partial charge in [0.25, 0.3) is 11.5 Å². The Hall–Kier alpha value is -3.00. The highest BCUT2D eigenvalue weighted by Gasteiger charge is 2.30. The second-order valence-corrected chi connectivity index (χ2v) is 7.19. The summed E-state index contributed by atoms with van der Waals surface area (Å²) in [6.45, 7) is 2.28. The fourth-order valence-electron chi connectivity index (χ4n) is 3.85. The van der Waals surface area contributed by atoms with Crippen molar-refractivity contribution in [2.24, 2.45) is 0 Å². The highest BCUT2D eigenvalue weighted by Crippen LogP contribution is 2.30. The van der Waals surface area contributed by atoms with Crippen LogP contribution in [0.3, 0.4) is 0 Å². The SMILES string of the molecule is O=C(c1cnc2ccccn2c1=O)N1CCc2oc(C3CCOCC3)nc2C1. The van der Waals surface area contributed by atoms with Crippen LogP contribution in [0.2, 0.25) is 0 Å². The largest absolute Gasteiger partial charge is 0.445 e. The van der Waals surface area contributed by atoms with Gasteiger partial charge in [0.2, 0.25) is 0 Å². The molecule has 0 unspecified atom stereocenters. The fourth-order valence-corrected chi connectivity index (χ4v) is 3.85. The molecule has 3 aromatic heterocycles. The van der Waals surface area contributed by atoms with Crippen LogP contribution in [0.15, 0.2) is 39.8 Å². The van der Waals surface area contributed by atoms with E-state index in [1.165, 1.54) is 10.6 Å². The molecule has 2 aliphatic heterocycles. The Bertz CT molecular complexity index is 1100. The number of rotatable bonds is 2. The summed E-state index contributed by atoms with van der Waals surface area (Å²) in [4.78, 5) is 36.2. The Morgan fingerprint density at radius 3 is 2.93 bits per heavy atom. The van der Waals surface area contributed by atoms with Crippen LogP contribution in [0.1, 0.15) is 46.5 Å². The molecule has 0 bridgehead atoms. The topological polar surface area (TPSA) is 89.9 Å². The number of carbonyl (C=O) groups excluding carboxylic acids is 1. The molecule has 8 heteroatoms. The zero-order valence-electron chi connectivity index (χ0n) is 15.3. The molecule has 144 valence electrons. The third kappa shape index (κ3) is 2.90. The monoisotopic (exact) mass is 380 g/mol. The summed E-state index contributed by atoms with van der Waals surface area (Å²) in [7, 11) is 0. The number of amides is 1. The van der Waals surface area contributed by atoms with E-state index in [-0.39, 0.29) is 22.9 Å². The maximum atomic E-state index is 13.0. The van der Waals surface area contributed by atoms with Crippen molar-refractivity contribution in [3.05, 3.63) is 63.9 Å². The van der Waals surface area contributed by atoms with Gasteiger partial charge < -0.3 is 14.1 Å². The summed E-state index contributed by atoms with van der Waals surface area (Å²) < 4.78 is 12.8. The molecule has 2 aliphatic rings. The Balaban J connectivity index is 1.40. The average molecular weight is 380 g/mol. The molecular formula is C20H20N4O4.